The third-order valence-corrected chi connectivity index (χ3v) is 7.10. The topological polar surface area (TPSA) is 107 Å². The summed E-state index contributed by atoms with van der Waals surface area (Å²) in [7, 11) is 1.57. The minimum atomic E-state index is -4.77. The highest BCUT2D eigenvalue weighted by Crippen LogP contribution is 2.35. The second kappa shape index (κ2) is 10.2. The quantitative estimate of drug-likeness (QED) is 0.507. The van der Waals surface area contributed by atoms with Gasteiger partial charge in [0.1, 0.15) is 23.2 Å². The Morgan fingerprint density at radius 2 is 1.67 bits per heavy atom. The molecule has 2 aromatic carbocycles. The fourth-order valence-electron chi connectivity index (χ4n) is 5.26. The standard InChI is InChI=1S/C27H27F3N4O5/c1-32-21-15-16(34-12-2-3-22(34)35)4-9-20(21)24(23(25(31)36)26(32)37)33-13-10-18(11-14-33)38-17-5-7-19(8-6-17)39-27(28,29)30/h4-9,15,18H,2-3,10-14H2,1H3,(H2,31,36). The average Bonchev–Trinajstić information content (AvgIpc) is 3.32. The van der Waals surface area contributed by atoms with Crippen molar-refractivity contribution >= 4 is 34.1 Å². The number of anilines is 2. The van der Waals surface area contributed by atoms with Gasteiger partial charge in [0.25, 0.3) is 11.5 Å². The summed E-state index contributed by atoms with van der Waals surface area (Å²) in [5, 5.41) is 0.668. The van der Waals surface area contributed by atoms with Crippen LogP contribution in [0.3, 0.4) is 0 Å². The molecule has 0 saturated carbocycles. The van der Waals surface area contributed by atoms with Crippen molar-refractivity contribution in [3.05, 3.63) is 58.4 Å². The van der Waals surface area contributed by atoms with Gasteiger partial charge < -0.3 is 29.6 Å². The summed E-state index contributed by atoms with van der Waals surface area (Å²) in [6, 6.07) is 10.6. The van der Waals surface area contributed by atoms with Crippen LogP contribution in [0.15, 0.2) is 47.3 Å². The summed E-state index contributed by atoms with van der Waals surface area (Å²) >= 11 is 0. The first-order valence-corrected chi connectivity index (χ1v) is 12.6. The van der Waals surface area contributed by atoms with Gasteiger partial charge in [0.2, 0.25) is 5.91 Å². The Hall–Kier alpha value is -4.22. The Balaban J connectivity index is 1.39. The molecule has 206 valence electrons. The predicted octanol–water partition coefficient (Wildman–Crippen LogP) is 3.71. The molecule has 2 amide bonds. The van der Waals surface area contributed by atoms with Crippen molar-refractivity contribution in [2.24, 2.45) is 12.8 Å². The summed E-state index contributed by atoms with van der Waals surface area (Å²) in [6.45, 7) is 1.51. The number of aromatic nitrogens is 1. The molecule has 9 nitrogen and oxygen atoms in total. The number of pyridine rings is 1. The lowest BCUT2D eigenvalue weighted by atomic mass is 10.0. The van der Waals surface area contributed by atoms with E-state index < -0.39 is 17.8 Å². The first-order chi connectivity index (χ1) is 18.5. The van der Waals surface area contributed by atoms with Crippen LogP contribution in [0.5, 0.6) is 11.5 Å². The third-order valence-electron chi connectivity index (χ3n) is 7.10. The first-order valence-electron chi connectivity index (χ1n) is 12.6. The summed E-state index contributed by atoms with van der Waals surface area (Å²) in [5.41, 5.74) is 6.77. The molecule has 0 aliphatic carbocycles. The minimum Gasteiger partial charge on any atom is -0.490 e. The molecule has 12 heteroatoms. The molecule has 3 aromatic rings. The third kappa shape index (κ3) is 5.36. The number of aryl methyl sites for hydroxylation is 1. The number of nitrogens with zero attached hydrogens (tertiary/aromatic N) is 3. The van der Waals surface area contributed by atoms with Gasteiger partial charge in [-0.2, -0.15) is 0 Å². The van der Waals surface area contributed by atoms with Crippen LogP contribution < -0.4 is 30.6 Å². The molecular formula is C27H27F3N4O5. The van der Waals surface area contributed by atoms with Crippen molar-refractivity contribution in [1.29, 1.82) is 0 Å². The van der Waals surface area contributed by atoms with Crippen LogP contribution in [0.4, 0.5) is 24.5 Å². The number of hydrogen-bond acceptors (Lipinski definition) is 6. The SMILES string of the molecule is Cn1c(=O)c(C(N)=O)c(N2CCC(Oc3ccc(OC(F)(F)F)cc3)CC2)c2ccc(N3CCCC3=O)cc21. The Morgan fingerprint density at radius 3 is 2.26 bits per heavy atom. The van der Waals surface area contributed by atoms with Crippen molar-refractivity contribution in [3.8, 4) is 11.5 Å². The summed E-state index contributed by atoms with van der Waals surface area (Å²) in [6.07, 6.45) is -2.67. The van der Waals surface area contributed by atoms with E-state index in [0.29, 0.717) is 66.9 Å². The number of ether oxygens (including phenoxy) is 2. The van der Waals surface area contributed by atoms with Crippen LogP contribution in [0, 0.1) is 0 Å². The molecule has 1 aromatic heterocycles. The number of nitrogens with two attached hydrogens (primary N) is 1. The number of carbonyl (C=O) groups is 2. The molecule has 0 unspecified atom stereocenters. The maximum Gasteiger partial charge on any atom is 0.573 e. The molecule has 2 saturated heterocycles. The number of alkyl halides is 3. The highest BCUT2D eigenvalue weighted by molar-refractivity contribution is 6.08. The average molecular weight is 545 g/mol. The lowest BCUT2D eigenvalue weighted by Gasteiger charge is -2.35. The number of benzene rings is 2. The van der Waals surface area contributed by atoms with E-state index in [0.717, 1.165) is 6.42 Å². The molecule has 0 atom stereocenters. The zero-order valence-electron chi connectivity index (χ0n) is 21.2. The van der Waals surface area contributed by atoms with E-state index in [1.807, 2.05) is 17.0 Å². The van der Waals surface area contributed by atoms with Crippen molar-refractivity contribution in [2.75, 3.05) is 29.4 Å². The van der Waals surface area contributed by atoms with E-state index in [1.54, 1.807) is 18.0 Å². The van der Waals surface area contributed by atoms with E-state index in [4.69, 9.17) is 10.5 Å². The largest absolute Gasteiger partial charge is 0.573 e. The van der Waals surface area contributed by atoms with Crippen LogP contribution in [-0.2, 0) is 11.8 Å². The monoisotopic (exact) mass is 544 g/mol. The smallest absolute Gasteiger partial charge is 0.490 e. The molecule has 3 heterocycles. The van der Waals surface area contributed by atoms with Crippen molar-refractivity contribution in [1.82, 2.24) is 4.57 Å². The Bertz CT molecular complexity index is 1480. The molecule has 0 bridgehead atoms. The van der Waals surface area contributed by atoms with E-state index in [1.165, 1.54) is 28.8 Å². The fourth-order valence-corrected chi connectivity index (χ4v) is 5.26. The van der Waals surface area contributed by atoms with Gasteiger partial charge in [0, 0.05) is 57.0 Å². The van der Waals surface area contributed by atoms with Crippen LogP contribution in [0.1, 0.15) is 36.0 Å². The minimum absolute atomic E-state index is 0.0259. The maximum absolute atomic E-state index is 13.3. The number of hydrogen-bond donors (Lipinski definition) is 1. The van der Waals surface area contributed by atoms with Gasteiger partial charge >= 0.3 is 6.36 Å². The predicted molar refractivity (Wildman–Crippen MR) is 138 cm³/mol. The molecule has 39 heavy (non-hydrogen) atoms. The van der Waals surface area contributed by atoms with E-state index in [9.17, 15) is 27.6 Å². The van der Waals surface area contributed by atoms with E-state index in [2.05, 4.69) is 4.74 Å². The fraction of sp³-hybridized carbons (Fsp3) is 0.370. The molecule has 0 spiro atoms. The normalized spacial score (nSPS) is 16.7. The van der Waals surface area contributed by atoms with Crippen LogP contribution >= 0.6 is 0 Å². The molecule has 0 radical (unpaired) electrons. The number of amides is 2. The van der Waals surface area contributed by atoms with E-state index >= 15 is 0 Å². The number of primary amides is 1. The maximum atomic E-state index is 13.3. The first kappa shape index (κ1) is 26.4. The van der Waals surface area contributed by atoms with Gasteiger partial charge in [-0.3, -0.25) is 14.4 Å². The molecule has 2 aliphatic heterocycles. The lowest BCUT2D eigenvalue weighted by molar-refractivity contribution is -0.274. The molecular weight excluding hydrogens is 517 g/mol. The van der Waals surface area contributed by atoms with Crippen molar-refractivity contribution < 1.29 is 32.2 Å². The van der Waals surface area contributed by atoms with Gasteiger partial charge in [-0.05, 0) is 48.9 Å². The summed E-state index contributed by atoms with van der Waals surface area (Å²) < 4.78 is 48.4. The second-order valence-electron chi connectivity index (χ2n) is 9.63. The van der Waals surface area contributed by atoms with Crippen molar-refractivity contribution in [3.63, 3.8) is 0 Å². The summed E-state index contributed by atoms with van der Waals surface area (Å²) in [4.78, 5) is 41.6. The highest BCUT2D eigenvalue weighted by Gasteiger charge is 2.32. The molecule has 2 fully saturated rings. The Morgan fingerprint density at radius 1 is 1.00 bits per heavy atom. The molecule has 2 aliphatic rings. The van der Waals surface area contributed by atoms with Gasteiger partial charge in [-0.1, -0.05) is 0 Å². The zero-order chi connectivity index (χ0) is 27.9. The van der Waals surface area contributed by atoms with Gasteiger partial charge in [0.05, 0.1) is 11.2 Å². The molecule has 5 rings (SSSR count). The zero-order valence-corrected chi connectivity index (χ0v) is 21.2. The second-order valence-corrected chi connectivity index (χ2v) is 9.63. The van der Waals surface area contributed by atoms with E-state index in [-0.39, 0.29) is 23.3 Å². The van der Waals surface area contributed by atoms with Crippen LogP contribution in [-0.4, -0.2) is 48.5 Å². The number of piperidine rings is 1. The molecule has 2 N–H and O–H groups in total. The van der Waals surface area contributed by atoms with Crippen molar-refractivity contribution in [2.45, 2.75) is 38.1 Å². The summed E-state index contributed by atoms with van der Waals surface area (Å²) in [5.74, 6) is -0.731. The lowest BCUT2D eigenvalue weighted by Crippen LogP contribution is -2.41. The highest BCUT2D eigenvalue weighted by atomic mass is 19.4. The number of halogens is 3. The Kier molecular flexibility index (Phi) is 6.87. The van der Waals surface area contributed by atoms with Gasteiger partial charge in [-0.15, -0.1) is 13.2 Å². The van der Waals surface area contributed by atoms with Gasteiger partial charge in [-0.25, -0.2) is 0 Å². The van der Waals surface area contributed by atoms with Gasteiger partial charge in [0.15, 0.2) is 0 Å². The van der Waals surface area contributed by atoms with Crippen LogP contribution in [0.25, 0.3) is 10.9 Å². The Labute approximate surface area is 221 Å². The number of fused-ring (bicyclic) bond motifs is 1. The van der Waals surface area contributed by atoms with Crippen LogP contribution in [0.2, 0.25) is 0 Å². The number of rotatable bonds is 6. The number of carbonyl (C=O) groups excluding carboxylic acids is 2.